The van der Waals surface area contributed by atoms with Crippen molar-refractivity contribution in [3.8, 4) is 0 Å². The van der Waals surface area contributed by atoms with Gasteiger partial charge in [-0.2, -0.15) is 0 Å². The molecule has 0 spiro atoms. The maximum absolute atomic E-state index is 13.2. The molecule has 4 saturated carbocycles. The minimum absolute atomic E-state index is 0.0540. The predicted molar refractivity (Wildman–Crippen MR) is 99.8 cm³/mol. The van der Waals surface area contributed by atoms with Gasteiger partial charge in [0.1, 0.15) is 11.5 Å². The van der Waals surface area contributed by atoms with Crippen LogP contribution in [0.5, 0.6) is 0 Å². The number of nitrogen functional groups attached to an aromatic ring is 1. The smallest absolute Gasteiger partial charge is 0.332 e. The first kappa shape index (κ1) is 17.4. The molecular formula is C19H28N4O3. The van der Waals surface area contributed by atoms with E-state index in [4.69, 9.17) is 5.73 Å². The zero-order chi connectivity index (χ0) is 18.8. The molecule has 7 heteroatoms. The highest BCUT2D eigenvalue weighted by atomic mass is 16.2. The van der Waals surface area contributed by atoms with Crippen molar-refractivity contribution in [2.75, 3.05) is 11.1 Å². The fourth-order valence-corrected chi connectivity index (χ4v) is 5.85. The van der Waals surface area contributed by atoms with Crippen LogP contribution in [0.15, 0.2) is 9.59 Å². The molecule has 3 N–H and O–H groups in total. The summed E-state index contributed by atoms with van der Waals surface area (Å²) < 4.78 is 2.42. The van der Waals surface area contributed by atoms with E-state index >= 15 is 0 Å². The minimum Gasteiger partial charge on any atom is -0.383 e. The highest BCUT2D eigenvalue weighted by Gasteiger charge is 2.61. The Bertz CT molecular complexity index is 868. The van der Waals surface area contributed by atoms with Crippen LogP contribution in [0, 0.1) is 29.1 Å². The topological polar surface area (TPSA) is 99.1 Å². The first-order valence-corrected chi connectivity index (χ1v) is 9.63. The summed E-state index contributed by atoms with van der Waals surface area (Å²) in [6.45, 7) is 4.35. The number of rotatable bonds is 4. The number of carbonyl (C=O) groups is 1. The number of nitrogens with one attached hydrogen (secondary N) is 1. The maximum Gasteiger partial charge on any atom is 0.332 e. The summed E-state index contributed by atoms with van der Waals surface area (Å²) in [7, 11) is 1.43. The Balaban J connectivity index is 1.71. The highest BCUT2D eigenvalue weighted by Crippen LogP contribution is 2.65. The van der Waals surface area contributed by atoms with Gasteiger partial charge in [0.25, 0.3) is 5.56 Å². The molecule has 4 aliphatic carbocycles. The molecule has 2 atom stereocenters. The zero-order valence-electron chi connectivity index (χ0n) is 15.7. The average Bonchev–Trinajstić information content (AvgIpc) is 2.99. The number of carbonyl (C=O) groups excluding carboxylic acids is 1. The Morgan fingerprint density at radius 1 is 1.23 bits per heavy atom. The molecule has 26 heavy (non-hydrogen) atoms. The van der Waals surface area contributed by atoms with Crippen LogP contribution in [0.25, 0.3) is 0 Å². The molecule has 5 rings (SSSR count). The molecule has 0 saturated heterocycles. The van der Waals surface area contributed by atoms with Gasteiger partial charge in [-0.1, -0.05) is 13.8 Å². The van der Waals surface area contributed by atoms with Gasteiger partial charge in [-0.3, -0.25) is 18.7 Å². The third-order valence-electron chi connectivity index (χ3n) is 6.81. The lowest BCUT2D eigenvalue weighted by atomic mass is 9.75. The quantitative estimate of drug-likeness (QED) is 0.851. The van der Waals surface area contributed by atoms with E-state index in [-0.39, 0.29) is 28.7 Å². The molecule has 4 aliphatic rings. The van der Waals surface area contributed by atoms with Gasteiger partial charge in [-0.25, -0.2) is 4.79 Å². The molecule has 1 amide bonds. The molecule has 4 bridgehead atoms. The standard InChI is InChI=1S/C19H28N4O3/c1-10(2)9-23-15(20)14(16(24)22(3)18(23)26)21-17(25)19-7-11-4-12(8-19)6-13(19)5-11/h10-13H,4-9,20H2,1-3H3,(H,21,25). The average molecular weight is 360 g/mol. The van der Waals surface area contributed by atoms with E-state index in [1.165, 1.54) is 18.0 Å². The number of anilines is 2. The summed E-state index contributed by atoms with van der Waals surface area (Å²) in [5, 5.41) is 2.85. The molecular weight excluding hydrogens is 332 g/mol. The van der Waals surface area contributed by atoms with Gasteiger partial charge in [0.05, 0.1) is 5.41 Å². The summed E-state index contributed by atoms with van der Waals surface area (Å²) in [5.41, 5.74) is 4.89. The van der Waals surface area contributed by atoms with Crippen molar-refractivity contribution in [3.63, 3.8) is 0 Å². The lowest BCUT2D eigenvalue weighted by Crippen LogP contribution is -2.44. The van der Waals surface area contributed by atoms with Gasteiger partial charge in [-0.15, -0.1) is 0 Å². The second-order valence-corrected chi connectivity index (χ2v) is 9.07. The monoisotopic (exact) mass is 360 g/mol. The molecule has 0 aliphatic heterocycles. The fourth-order valence-electron chi connectivity index (χ4n) is 5.85. The van der Waals surface area contributed by atoms with Crippen molar-refractivity contribution in [1.82, 2.24) is 9.13 Å². The summed E-state index contributed by atoms with van der Waals surface area (Å²) in [5.74, 6) is 1.90. The Labute approximate surface area is 152 Å². The third-order valence-corrected chi connectivity index (χ3v) is 6.81. The largest absolute Gasteiger partial charge is 0.383 e. The number of amides is 1. The lowest BCUT2D eigenvalue weighted by Gasteiger charge is -2.31. The molecule has 1 aromatic heterocycles. The zero-order valence-corrected chi connectivity index (χ0v) is 15.7. The van der Waals surface area contributed by atoms with Crippen molar-refractivity contribution in [1.29, 1.82) is 0 Å². The van der Waals surface area contributed by atoms with Gasteiger partial charge in [0.15, 0.2) is 0 Å². The summed E-state index contributed by atoms with van der Waals surface area (Å²) in [6, 6.07) is 0. The molecule has 1 aromatic rings. The van der Waals surface area contributed by atoms with Crippen LogP contribution >= 0.6 is 0 Å². The second-order valence-electron chi connectivity index (χ2n) is 9.07. The molecule has 1 heterocycles. The first-order chi connectivity index (χ1) is 12.2. The van der Waals surface area contributed by atoms with Crippen molar-refractivity contribution < 1.29 is 4.79 Å². The summed E-state index contributed by atoms with van der Waals surface area (Å²) in [6.07, 6.45) is 5.35. The van der Waals surface area contributed by atoms with Gasteiger partial charge in [0, 0.05) is 13.6 Å². The third kappa shape index (κ3) is 2.36. The summed E-state index contributed by atoms with van der Waals surface area (Å²) >= 11 is 0. The molecule has 7 nitrogen and oxygen atoms in total. The van der Waals surface area contributed by atoms with Crippen LogP contribution in [0.1, 0.15) is 46.0 Å². The molecule has 142 valence electrons. The highest BCUT2D eigenvalue weighted by molar-refractivity contribution is 5.98. The maximum atomic E-state index is 13.2. The fraction of sp³-hybridized carbons (Fsp3) is 0.737. The van der Waals surface area contributed by atoms with Crippen molar-refractivity contribution in [2.24, 2.45) is 36.1 Å². The number of hydrogen-bond acceptors (Lipinski definition) is 4. The number of nitrogens with zero attached hydrogens (tertiary/aromatic N) is 2. The van der Waals surface area contributed by atoms with E-state index in [1.54, 1.807) is 0 Å². The number of nitrogens with two attached hydrogens (primary N) is 1. The van der Waals surface area contributed by atoms with E-state index in [0.717, 1.165) is 30.3 Å². The van der Waals surface area contributed by atoms with Crippen LogP contribution < -0.4 is 22.3 Å². The number of aromatic nitrogens is 2. The van der Waals surface area contributed by atoms with Gasteiger partial charge < -0.3 is 11.1 Å². The van der Waals surface area contributed by atoms with Crippen molar-refractivity contribution >= 4 is 17.4 Å². The van der Waals surface area contributed by atoms with E-state index in [9.17, 15) is 14.4 Å². The molecule has 0 aromatic carbocycles. The van der Waals surface area contributed by atoms with Crippen LogP contribution in [0.2, 0.25) is 0 Å². The Hall–Kier alpha value is -2.05. The van der Waals surface area contributed by atoms with Crippen LogP contribution in [0.4, 0.5) is 11.5 Å². The first-order valence-electron chi connectivity index (χ1n) is 9.63. The molecule has 0 radical (unpaired) electrons. The van der Waals surface area contributed by atoms with E-state index < -0.39 is 11.2 Å². The van der Waals surface area contributed by atoms with Crippen LogP contribution in [-0.2, 0) is 18.4 Å². The molecule has 2 unspecified atom stereocenters. The second kappa shape index (κ2) is 5.72. The Morgan fingerprint density at radius 3 is 2.42 bits per heavy atom. The SMILES string of the molecule is CC(C)Cn1c(N)c(NC(=O)C23CC4CC(CC2C4)C3)c(=O)n(C)c1=O. The van der Waals surface area contributed by atoms with E-state index in [1.807, 2.05) is 13.8 Å². The minimum atomic E-state index is -0.532. The Kier molecular flexibility index (Phi) is 3.82. The van der Waals surface area contributed by atoms with E-state index in [2.05, 4.69) is 5.32 Å². The normalized spacial score (nSPS) is 31.8. The van der Waals surface area contributed by atoms with Crippen molar-refractivity contribution in [3.05, 3.63) is 20.8 Å². The summed E-state index contributed by atoms with van der Waals surface area (Å²) in [4.78, 5) is 38.2. The van der Waals surface area contributed by atoms with Gasteiger partial charge in [0.2, 0.25) is 5.91 Å². The van der Waals surface area contributed by atoms with E-state index in [0.29, 0.717) is 24.3 Å². The number of hydrogen-bond donors (Lipinski definition) is 2. The van der Waals surface area contributed by atoms with Crippen LogP contribution in [-0.4, -0.2) is 15.0 Å². The van der Waals surface area contributed by atoms with Crippen LogP contribution in [0.3, 0.4) is 0 Å². The predicted octanol–water partition coefficient (Wildman–Crippen LogP) is 1.55. The lowest BCUT2D eigenvalue weighted by molar-refractivity contribution is -0.127. The van der Waals surface area contributed by atoms with Gasteiger partial charge in [-0.05, 0) is 55.8 Å². The Morgan fingerprint density at radius 2 is 1.85 bits per heavy atom. The molecule has 4 fully saturated rings. The van der Waals surface area contributed by atoms with Gasteiger partial charge >= 0.3 is 5.69 Å². The van der Waals surface area contributed by atoms with Crippen molar-refractivity contribution in [2.45, 2.75) is 52.5 Å².